The van der Waals surface area contributed by atoms with E-state index in [1.165, 1.54) is 12.8 Å². The van der Waals surface area contributed by atoms with Crippen LogP contribution in [0.2, 0.25) is 0 Å². The Bertz CT molecular complexity index is 470. The molecule has 5 heteroatoms. The zero-order valence-corrected chi connectivity index (χ0v) is 13.2. The van der Waals surface area contributed by atoms with E-state index >= 15 is 0 Å². The lowest BCUT2D eigenvalue weighted by Gasteiger charge is -2.28. The van der Waals surface area contributed by atoms with E-state index in [9.17, 15) is 9.90 Å². The second kappa shape index (κ2) is 7.09. The van der Waals surface area contributed by atoms with Crippen LogP contribution in [-0.2, 0) is 4.79 Å². The number of rotatable bonds is 4. The molecule has 1 atom stereocenters. The van der Waals surface area contributed by atoms with Crippen LogP contribution in [0.1, 0.15) is 37.3 Å². The van der Waals surface area contributed by atoms with E-state index in [1.54, 1.807) is 7.11 Å². The first kappa shape index (κ1) is 15.3. The average molecular weight is 342 g/mol. The van der Waals surface area contributed by atoms with Gasteiger partial charge < -0.3 is 9.84 Å². The molecule has 20 heavy (non-hydrogen) atoms. The lowest BCUT2D eigenvalue weighted by molar-refractivity contribution is -0.143. The lowest BCUT2D eigenvalue weighted by Crippen LogP contribution is -2.35. The van der Waals surface area contributed by atoms with E-state index in [0.29, 0.717) is 5.75 Å². The van der Waals surface area contributed by atoms with E-state index in [1.807, 2.05) is 18.2 Å². The first-order valence-corrected chi connectivity index (χ1v) is 7.73. The number of hydrogen-bond acceptors (Lipinski definition) is 3. The molecule has 1 N–H and O–H groups in total. The second-order valence-electron chi connectivity index (χ2n) is 5.08. The number of methoxy groups -OCH3 is 1. The van der Waals surface area contributed by atoms with Gasteiger partial charge in [0.2, 0.25) is 0 Å². The molecule has 0 amide bonds. The maximum Gasteiger partial charge on any atom is 0.325 e. The summed E-state index contributed by atoms with van der Waals surface area (Å²) >= 11 is 3.42. The molecule has 1 saturated heterocycles. The normalized spacial score (nSPS) is 18.3. The Balaban J connectivity index is 2.36. The Morgan fingerprint density at radius 3 is 2.50 bits per heavy atom. The molecule has 0 bridgehead atoms. The van der Waals surface area contributed by atoms with Crippen LogP contribution in [-0.4, -0.2) is 36.2 Å². The third kappa shape index (κ3) is 3.52. The number of halogens is 1. The van der Waals surface area contributed by atoms with Gasteiger partial charge in [-0.15, -0.1) is 0 Å². The highest BCUT2D eigenvalue weighted by atomic mass is 79.9. The predicted molar refractivity (Wildman–Crippen MR) is 81.1 cm³/mol. The van der Waals surface area contributed by atoms with E-state index in [2.05, 4.69) is 20.8 Å². The van der Waals surface area contributed by atoms with Crippen molar-refractivity contribution < 1.29 is 14.6 Å². The molecule has 110 valence electrons. The van der Waals surface area contributed by atoms with Crippen LogP contribution in [0, 0.1) is 0 Å². The fraction of sp³-hybridized carbons (Fsp3) is 0.533. The number of nitrogens with zero attached hydrogens (tertiary/aromatic N) is 1. The highest BCUT2D eigenvalue weighted by Gasteiger charge is 2.30. The summed E-state index contributed by atoms with van der Waals surface area (Å²) in [6, 6.07) is 4.89. The van der Waals surface area contributed by atoms with Crippen LogP contribution in [0.15, 0.2) is 22.7 Å². The van der Waals surface area contributed by atoms with Crippen molar-refractivity contribution in [3.63, 3.8) is 0 Å². The van der Waals surface area contributed by atoms with E-state index in [-0.39, 0.29) is 0 Å². The molecular weight excluding hydrogens is 322 g/mol. The van der Waals surface area contributed by atoms with Crippen LogP contribution >= 0.6 is 15.9 Å². The van der Waals surface area contributed by atoms with Crippen molar-refractivity contribution in [3.8, 4) is 5.75 Å². The van der Waals surface area contributed by atoms with Crippen LogP contribution in [0.3, 0.4) is 0 Å². The molecule has 1 fully saturated rings. The number of carboxylic acids is 1. The van der Waals surface area contributed by atoms with Gasteiger partial charge in [0, 0.05) is 10.0 Å². The number of hydrogen-bond donors (Lipinski definition) is 1. The highest BCUT2D eigenvalue weighted by molar-refractivity contribution is 9.10. The molecule has 1 aliphatic rings. The lowest BCUT2D eigenvalue weighted by atomic mass is 10.0. The van der Waals surface area contributed by atoms with E-state index in [4.69, 9.17) is 4.74 Å². The number of benzene rings is 1. The molecule has 1 aliphatic heterocycles. The SMILES string of the molecule is COc1ccc(Br)cc1C(C(=O)O)N1CCCCCC1. The smallest absolute Gasteiger partial charge is 0.325 e. The van der Waals surface area contributed by atoms with Gasteiger partial charge in [-0.1, -0.05) is 28.8 Å². The van der Waals surface area contributed by atoms with Crippen LogP contribution in [0.25, 0.3) is 0 Å². The third-order valence-electron chi connectivity index (χ3n) is 3.73. The van der Waals surface area contributed by atoms with Gasteiger partial charge >= 0.3 is 5.97 Å². The van der Waals surface area contributed by atoms with Crippen LogP contribution < -0.4 is 4.74 Å². The first-order chi connectivity index (χ1) is 9.63. The van der Waals surface area contributed by atoms with Gasteiger partial charge in [0.05, 0.1) is 7.11 Å². The van der Waals surface area contributed by atoms with Crippen molar-refractivity contribution in [3.05, 3.63) is 28.2 Å². The summed E-state index contributed by atoms with van der Waals surface area (Å²) in [4.78, 5) is 13.8. The summed E-state index contributed by atoms with van der Waals surface area (Å²) in [7, 11) is 1.58. The van der Waals surface area contributed by atoms with Crippen molar-refractivity contribution in [2.75, 3.05) is 20.2 Å². The fourth-order valence-corrected chi connectivity index (χ4v) is 3.14. The van der Waals surface area contributed by atoms with E-state index < -0.39 is 12.0 Å². The molecule has 0 aliphatic carbocycles. The minimum Gasteiger partial charge on any atom is -0.496 e. The summed E-state index contributed by atoms with van der Waals surface area (Å²) < 4.78 is 6.21. The van der Waals surface area contributed by atoms with Crippen molar-refractivity contribution in [1.82, 2.24) is 4.90 Å². The van der Waals surface area contributed by atoms with Gasteiger partial charge in [-0.25, -0.2) is 0 Å². The molecule has 1 aromatic carbocycles. The maximum atomic E-state index is 11.8. The Kier molecular flexibility index (Phi) is 5.43. The molecule has 2 rings (SSSR count). The zero-order chi connectivity index (χ0) is 14.5. The topological polar surface area (TPSA) is 49.8 Å². The Morgan fingerprint density at radius 1 is 1.30 bits per heavy atom. The van der Waals surface area contributed by atoms with Crippen molar-refractivity contribution in [2.24, 2.45) is 0 Å². The number of carboxylic acid groups (broad SMARTS) is 1. The summed E-state index contributed by atoms with van der Waals surface area (Å²) in [6.07, 6.45) is 4.47. The summed E-state index contributed by atoms with van der Waals surface area (Å²) in [6.45, 7) is 1.65. The first-order valence-electron chi connectivity index (χ1n) is 6.94. The summed E-state index contributed by atoms with van der Waals surface area (Å²) in [5, 5.41) is 9.67. The van der Waals surface area contributed by atoms with Crippen LogP contribution in [0.4, 0.5) is 0 Å². The molecule has 0 saturated carbocycles. The monoisotopic (exact) mass is 341 g/mol. The standard InChI is InChI=1S/C15H20BrNO3/c1-20-13-7-6-11(16)10-12(13)14(15(18)19)17-8-4-2-3-5-9-17/h6-7,10,14H,2-5,8-9H2,1H3,(H,18,19). The van der Waals surface area contributed by atoms with Gasteiger partial charge in [-0.05, 0) is 44.1 Å². The maximum absolute atomic E-state index is 11.8. The van der Waals surface area contributed by atoms with Crippen molar-refractivity contribution in [1.29, 1.82) is 0 Å². The Labute approximate surface area is 127 Å². The molecule has 0 radical (unpaired) electrons. The van der Waals surface area contributed by atoms with Gasteiger partial charge in [0.15, 0.2) is 0 Å². The van der Waals surface area contributed by atoms with Crippen LogP contribution in [0.5, 0.6) is 5.75 Å². The molecule has 1 unspecified atom stereocenters. The fourth-order valence-electron chi connectivity index (χ4n) is 2.76. The average Bonchev–Trinajstić information content (AvgIpc) is 2.68. The van der Waals surface area contributed by atoms with Gasteiger partial charge in [0.25, 0.3) is 0 Å². The number of likely N-dealkylation sites (tertiary alicyclic amines) is 1. The third-order valence-corrected chi connectivity index (χ3v) is 4.22. The number of ether oxygens (including phenoxy) is 1. The minimum atomic E-state index is -0.816. The largest absolute Gasteiger partial charge is 0.496 e. The van der Waals surface area contributed by atoms with Gasteiger partial charge in [-0.2, -0.15) is 0 Å². The Morgan fingerprint density at radius 2 is 1.95 bits per heavy atom. The quantitative estimate of drug-likeness (QED) is 0.910. The van der Waals surface area contributed by atoms with Gasteiger partial charge in [-0.3, -0.25) is 9.69 Å². The van der Waals surface area contributed by atoms with Crippen molar-refractivity contribution in [2.45, 2.75) is 31.7 Å². The number of aliphatic carboxylic acids is 1. The summed E-state index contributed by atoms with van der Waals surface area (Å²) in [5.41, 5.74) is 0.719. The molecule has 1 heterocycles. The Hall–Kier alpha value is -1.07. The van der Waals surface area contributed by atoms with Crippen molar-refractivity contribution >= 4 is 21.9 Å². The molecule has 0 aromatic heterocycles. The molecule has 0 spiro atoms. The molecule has 4 nitrogen and oxygen atoms in total. The number of carbonyl (C=O) groups is 1. The zero-order valence-electron chi connectivity index (χ0n) is 11.6. The molecule has 1 aromatic rings. The van der Waals surface area contributed by atoms with Gasteiger partial charge in [0.1, 0.15) is 11.8 Å². The minimum absolute atomic E-state index is 0.629. The predicted octanol–water partition coefficient (Wildman–Crippen LogP) is 3.46. The van der Waals surface area contributed by atoms with E-state index in [0.717, 1.165) is 36.0 Å². The molecular formula is C15H20BrNO3. The second-order valence-corrected chi connectivity index (χ2v) is 5.99. The summed E-state index contributed by atoms with van der Waals surface area (Å²) in [5.74, 6) is -0.187. The highest BCUT2D eigenvalue weighted by Crippen LogP contribution is 2.33.